The molecule has 0 N–H and O–H groups in total. The Bertz CT molecular complexity index is 41.3. The summed E-state index contributed by atoms with van der Waals surface area (Å²) < 4.78 is 0. The summed E-state index contributed by atoms with van der Waals surface area (Å²) >= 11 is 0. The molecule has 0 aromatic carbocycles. The zero-order valence-corrected chi connectivity index (χ0v) is 7.56. The van der Waals surface area contributed by atoms with Crippen LogP contribution >= 0.6 is 0 Å². The van der Waals surface area contributed by atoms with Crippen LogP contribution in [0.1, 0.15) is 13.3 Å². The summed E-state index contributed by atoms with van der Waals surface area (Å²) in [6.45, 7) is 4.47. The smallest absolute Gasteiger partial charge is 0 e. The molecule has 2 heteroatoms. The van der Waals surface area contributed by atoms with E-state index in [1.54, 1.807) is 0 Å². The van der Waals surface area contributed by atoms with Gasteiger partial charge >= 0.3 is 0 Å². The SMILES string of the molecule is C[C@H]1CC[N-]C1.[Y]. The van der Waals surface area contributed by atoms with Gasteiger partial charge in [-0.2, -0.15) is 0 Å². The zero-order valence-electron chi connectivity index (χ0n) is 4.72. The van der Waals surface area contributed by atoms with Crippen LogP contribution in [-0.4, -0.2) is 13.1 Å². The van der Waals surface area contributed by atoms with Gasteiger partial charge in [-0.25, -0.2) is 0 Å². The minimum absolute atomic E-state index is 0. The molecule has 0 saturated carbocycles. The molecule has 1 atom stereocenters. The standard InChI is InChI=1S/C5H10N.Y/c1-5-2-3-6-4-5;/h5H,2-4H2,1H3;/q-1;/t5-;/m0./s1. The molecule has 7 heavy (non-hydrogen) atoms. The summed E-state index contributed by atoms with van der Waals surface area (Å²) in [6.07, 6.45) is 1.32. The van der Waals surface area contributed by atoms with Crippen LogP contribution in [-0.2, 0) is 32.7 Å². The predicted molar refractivity (Wildman–Crippen MR) is 26.9 cm³/mol. The van der Waals surface area contributed by atoms with Gasteiger partial charge in [0.25, 0.3) is 0 Å². The third-order valence-corrected chi connectivity index (χ3v) is 1.22. The Kier molecular flexibility index (Phi) is 4.60. The third-order valence-electron chi connectivity index (χ3n) is 1.22. The number of rotatable bonds is 0. The van der Waals surface area contributed by atoms with Gasteiger partial charge in [-0.05, 0) is 0 Å². The van der Waals surface area contributed by atoms with E-state index < -0.39 is 0 Å². The molecular weight excluding hydrogens is 163 g/mol. The molecule has 1 radical (unpaired) electrons. The van der Waals surface area contributed by atoms with E-state index >= 15 is 0 Å². The molecule has 0 amide bonds. The molecule has 0 aromatic heterocycles. The minimum Gasteiger partial charge on any atom is -0.662 e. The van der Waals surface area contributed by atoms with Crippen molar-refractivity contribution in [2.24, 2.45) is 5.92 Å². The van der Waals surface area contributed by atoms with Crippen LogP contribution in [0.2, 0.25) is 0 Å². The summed E-state index contributed by atoms with van der Waals surface area (Å²) in [5.41, 5.74) is 0. The van der Waals surface area contributed by atoms with E-state index in [-0.39, 0.29) is 32.7 Å². The van der Waals surface area contributed by atoms with Gasteiger partial charge in [0.2, 0.25) is 0 Å². The van der Waals surface area contributed by atoms with E-state index in [1.807, 2.05) is 0 Å². The van der Waals surface area contributed by atoms with Crippen molar-refractivity contribution in [2.45, 2.75) is 13.3 Å². The van der Waals surface area contributed by atoms with Crippen LogP contribution in [0.4, 0.5) is 0 Å². The van der Waals surface area contributed by atoms with Gasteiger partial charge in [0.15, 0.2) is 0 Å². The molecule has 1 saturated heterocycles. The van der Waals surface area contributed by atoms with Crippen LogP contribution in [0.3, 0.4) is 0 Å². The van der Waals surface area contributed by atoms with Crippen LogP contribution in [0.15, 0.2) is 0 Å². The first-order valence-electron chi connectivity index (χ1n) is 2.53. The molecule has 1 fully saturated rings. The monoisotopic (exact) mass is 173 g/mol. The largest absolute Gasteiger partial charge is 0.662 e. The molecule has 1 rings (SSSR count). The Labute approximate surface area is 70.1 Å². The molecular formula is C5H10NY-. The molecule has 1 heterocycles. The van der Waals surface area contributed by atoms with Crippen molar-refractivity contribution in [1.29, 1.82) is 0 Å². The Morgan fingerprint density at radius 2 is 2.29 bits per heavy atom. The van der Waals surface area contributed by atoms with Crippen molar-refractivity contribution in [1.82, 2.24) is 0 Å². The maximum absolute atomic E-state index is 4.16. The molecule has 0 spiro atoms. The zero-order chi connectivity index (χ0) is 4.41. The fourth-order valence-corrected chi connectivity index (χ4v) is 0.715. The number of nitrogens with zero attached hydrogens (tertiary/aromatic N) is 1. The number of hydrogen-bond donors (Lipinski definition) is 0. The maximum atomic E-state index is 4.16. The van der Waals surface area contributed by atoms with Crippen molar-refractivity contribution in [3.8, 4) is 0 Å². The Balaban J connectivity index is 0.000000360. The van der Waals surface area contributed by atoms with Gasteiger partial charge in [-0.15, -0.1) is 13.1 Å². The third kappa shape index (κ3) is 2.79. The molecule has 1 nitrogen and oxygen atoms in total. The topological polar surface area (TPSA) is 14.1 Å². The fraction of sp³-hybridized carbons (Fsp3) is 1.00. The van der Waals surface area contributed by atoms with E-state index in [9.17, 15) is 0 Å². The Hall–Kier alpha value is 1.06. The van der Waals surface area contributed by atoms with E-state index in [1.165, 1.54) is 6.42 Å². The average molecular weight is 173 g/mol. The van der Waals surface area contributed by atoms with E-state index in [4.69, 9.17) is 0 Å². The quantitative estimate of drug-likeness (QED) is 0.525. The van der Waals surface area contributed by atoms with Gasteiger partial charge < -0.3 is 5.32 Å². The van der Waals surface area contributed by atoms with Crippen molar-refractivity contribution in [2.75, 3.05) is 13.1 Å². The fourth-order valence-electron chi connectivity index (χ4n) is 0.715. The van der Waals surface area contributed by atoms with E-state index in [0.717, 1.165) is 19.0 Å². The molecule has 0 bridgehead atoms. The Morgan fingerprint density at radius 3 is 2.43 bits per heavy atom. The normalized spacial score (nSPS) is 29.6. The molecule has 0 aliphatic carbocycles. The van der Waals surface area contributed by atoms with Crippen molar-refractivity contribution >= 4 is 0 Å². The second-order valence-electron chi connectivity index (χ2n) is 2.02. The first-order valence-corrected chi connectivity index (χ1v) is 2.53. The summed E-state index contributed by atoms with van der Waals surface area (Å²) in [5, 5.41) is 4.16. The molecule has 1 aliphatic heterocycles. The summed E-state index contributed by atoms with van der Waals surface area (Å²) in [6, 6.07) is 0. The van der Waals surface area contributed by atoms with Crippen LogP contribution in [0.25, 0.3) is 5.32 Å². The van der Waals surface area contributed by atoms with Gasteiger partial charge in [-0.1, -0.05) is 19.3 Å². The summed E-state index contributed by atoms with van der Waals surface area (Å²) in [7, 11) is 0. The van der Waals surface area contributed by atoms with Crippen LogP contribution < -0.4 is 0 Å². The second-order valence-corrected chi connectivity index (χ2v) is 2.02. The average Bonchev–Trinajstić information content (AvgIpc) is 1.86. The van der Waals surface area contributed by atoms with Crippen LogP contribution in [0.5, 0.6) is 0 Å². The molecule has 0 unspecified atom stereocenters. The van der Waals surface area contributed by atoms with Gasteiger partial charge in [-0.3, -0.25) is 0 Å². The maximum Gasteiger partial charge on any atom is 0 e. The van der Waals surface area contributed by atoms with Crippen molar-refractivity contribution < 1.29 is 32.7 Å². The number of hydrogen-bond acceptors (Lipinski definition) is 0. The Morgan fingerprint density at radius 1 is 1.57 bits per heavy atom. The van der Waals surface area contributed by atoms with Gasteiger partial charge in [0.1, 0.15) is 0 Å². The van der Waals surface area contributed by atoms with E-state index in [0.29, 0.717) is 0 Å². The first kappa shape index (κ1) is 8.06. The molecule has 1 aliphatic rings. The summed E-state index contributed by atoms with van der Waals surface area (Å²) in [5.74, 6) is 0.880. The second kappa shape index (κ2) is 3.99. The first-order chi connectivity index (χ1) is 2.89. The molecule has 39 valence electrons. The molecule has 0 aromatic rings. The predicted octanol–water partition coefficient (Wildman–Crippen LogP) is 1.40. The van der Waals surface area contributed by atoms with E-state index in [2.05, 4.69) is 12.2 Å². The minimum atomic E-state index is 0. The van der Waals surface area contributed by atoms with Crippen molar-refractivity contribution in [3.63, 3.8) is 0 Å². The summed E-state index contributed by atoms with van der Waals surface area (Å²) in [4.78, 5) is 0. The van der Waals surface area contributed by atoms with Gasteiger partial charge in [0.05, 0.1) is 0 Å². The van der Waals surface area contributed by atoms with Crippen LogP contribution in [0, 0.1) is 5.92 Å². The van der Waals surface area contributed by atoms with Gasteiger partial charge in [0, 0.05) is 32.7 Å². The van der Waals surface area contributed by atoms with Crippen molar-refractivity contribution in [3.05, 3.63) is 5.32 Å².